The first kappa shape index (κ1) is 20.2. The van der Waals surface area contributed by atoms with E-state index in [0.29, 0.717) is 29.6 Å². The summed E-state index contributed by atoms with van der Waals surface area (Å²) in [6.45, 7) is 2.55. The predicted molar refractivity (Wildman–Crippen MR) is 111 cm³/mol. The van der Waals surface area contributed by atoms with Crippen LogP contribution in [0.4, 0.5) is 4.39 Å². The molecule has 8 heteroatoms. The van der Waals surface area contributed by atoms with E-state index in [0.717, 1.165) is 10.9 Å². The highest BCUT2D eigenvalue weighted by Gasteiger charge is 2.36. The monoisotopic (exact) mass is 410 g/mol. The first-order valence-corrected chi connectivity index (χ1v) is 9.79. The Kier molecular flexibility index (Phi) is 5.36. The van der Waals surface area contributed by atoms with Crippen LogP contribution in [0.1, 0.15) is 27.9 Å². The van der Waals surface area contributed by atoms with E-state index in [9.17, 15) is 19.1 Å². The van der Waals surface area contributed by atoms with Gasteiger partial charge in [-0.2, -0.15) is 0 Å². The van der Waals surface area contributed by atoms with Crippen molar-refractivity contribution in [2.45, 2.75) is 25.2 Å². The molecule has 2 atom stereocenters. The van der Waals surface area contributed by atoms with Crippen LogP contribution in [-0.4, -0.2) is 51.7 Å². The molecule has 0 radical (unpaired) electrons. The maximum Gasteiger partial charge on any atom is 0.253 e. The van der Waals surface area contributed by atoms with Crippen LogP contribution in [0.3, 0.4) is 0 Å². The van der Waals surface area contributed by atoms with Crippen LogP contribution in [0.5, 0.6) is 0 Å². The van der Waals surface area contributed by atoms with Gasteiger partial charge in [0.05, 0.1) is 6.54 Å². The van der Waals surface area contributed by atoms with Crippen molar-refractivity contribution in [1.82, 2.24) is 20.2 Å². The number of benzene rings is 1. The maximum absolute atomic E-state index is 13.7. The molecule has 0 aliphatic carbocycles. The van der Waals surface area contributed by atoms with Crippen molar-refractivity contribution < 1.29 is 14.3 Å². The molecule has 1 aliphatic heterocycles. The number of fused-ring (bicyclic) bond motifs is 1. The molecule has 1 saturated heterocycles. The Morgan fingerprint density at radius 3 is 2.80 bits per heavy atom. The van der Waals surface area contributed by atoms with Crippen molar-refractivity contribution in [2.75, 3.05) is 19.6 Å². The van der Waals surface area contributed by atoms with E-state index in [-0.39, 0.29) is 18.6 Å². The normalized spacial score (nSPS) is 19.0. The summed E-state index contributed by atoms with van der Waals surface area (Å²) >= 11 is 0. The number of H-pyrrole nitrogens is 1. The van der Waals surface area contributed by atoms with Gasteiger partial charge in [-0.3, -0.25) is 19.5 Å². The molecule has 0 spiro atoms. The van der Waals surface area contributed by atoms with Gasteiger partial charge in [0.2, 0.25) is 5.56 Å². The van der Waals surface area contributed by atoms with Gasteiger partial charge in [0.25, 0.3) is 5.91 Å². The number of aryl methyl sites for hydroxylation is 1. The zero-order valence-electron chi connectivity index (χ0n) is 16.6. The Morgan fingerprint density at radius 2 is 2.10 bits per heavy atom. The molecule has 7 nitrogen and oxygen atoms in total. The van der Waals surface area contributed by atoms with Crippen molar-refractivity contribution in [3.63, 3.8) is 0 Å². The number of β-amino-alcohol motifs (C(OH)–C–C–N with tert-alkyl or cyclic N) is 1. The van der Waals surface area contributed by atoms with Crippen LogP contribution in [0.25, 0.3) is 10.9 Å². The number of aliphatic hydroxyl groups is 1. The van der Waals surface area contributed by atoms with Crippen LogP contribution in [0, 0.1) is 6.92 Å². The fourth-order valence-electron chi connectivity index (χ4n) is 3.90. The third-order valence-corrected chi connectivity index (χ3v) is 5.46. The summed E-state index contributed by atoms with van der Waals surface area (Å²) in [5.41, 5.74) is 0.241. The lowest BCUT2D eigenvalue weighted by Crippen LogP contribution is -2.53. The molecule has 3 heterocycles. The standard InChI is InChI=1S/C22H23FN4O3/c1-14-10-20(28)25-19-3-2-16(11-18(14)19)22(30,13-27-9-6-17(23)12-27)26-21(29)15-4-7-24-8-5-15/h2-5,7-8,10-11,17,30H,6,9,12-13H2,1H3,(H,25,28)(H,26,29). The van der Waals surface area contributed by atoms with Crippen molar-refractivity contribution in [3.8, 4) is 0 Å². The lowest BCUT2D eigenvalue weighted by molar-refractivity contribution is -0.0220. The Balaban J connectivity index is 1.73. The van der Waals surface area contributed by atoms with E-state index in [1.54, 1.807) is 35.2 Å². The van der Waals surface area contributed by atoms with Crippen LogP contribution < -0.4 is 10.9 Å². The zero-order chi connectivity index (χ0) is 21.3. The summed E-state index contributed by atoms with van der Waals surface area (Å²) in [6.07, 6.45) is 2.44. The van der Waals surface area contributed by atoms with Crippen LogP contribution in [0.2, 0.25) is 0 Å². The van der Waals surface area contributed by atoms with Gasteiger partial charge in [-0.25, -0.2) is 4.39 Å². The second-order valence-electron chi connectivity index (χ2n) is 7.75. The molecule has 1 aromatic carbocycles. The molecule has 0 bridgehead atoms. The summed E-state index contributed by atoms with van der Waals surface area (Å²) < 4.78 is 13.7. The Hall–Kier alpha value is -3.10. The summed E-state index contributed by atoms with van der Waals surface area (Å²) in [7, 11) is 0. The fraction of sp³-hybridized carbons (Fsp3) is 0.318. The minimum absolute atomic E-state index is 0.0398. The third kappa shape index (κ3) is 4.10. The lowest BCUT2D eigenvalue weighted by atomic mass is 9.97. The molecule has 30 heavy (non-hydrogen) atoms. The van der Waals surface area contributed by atoms with Crippen molar-refractivity contribution in [3.05, 3.63) is 75.8 Å². The van der Waals surface area contributed by atoms with E-state index >= 15 is 0 Å². The molecule has 156 valence electrons. The zero-order valence-corrected chi connectivity index (χ0v) is 16.6. The summed E-state index contributed by atoms with van der Waals surface area (Å²) in [4.78, 5) is 33.0. The number of aromatic amines is 1. The highest BCUT2D eigenvalue weighted by Crippen LogP contribution is 2.27. The molecular formula is C22H23FN4O3. The van der Waals surface area contributed by atoms with E-state index in [2.05, 4.69) is 15.3 Å². The van der Waals surface area contributed by atoms with Gasteiger partial charge in [0, 0.05) is 53.6 Å². The van der Waals surface area contributed by atoms with E-state index in [4.69, 9.17) is 0 Å². The number of hydrogen-bond acceptors (Lipinski definition) is 5. The number of halogens is 1. The van der Waals surface area contributed by atoms with E-state index in [1.807, 2.05) is 6.92 Å². The topological polar surface area (TPSA) is 98.3 Å². The van der Waals surface area contributed by atoms with Crippen LogP contribution in [-0.2, 0) is 5.72 Å². The SMILES string of the molecule is Cc1cc(=O)[nH]c2ccc(C(O)(CN3CCC(F)C3)NC(=O)c3ccncc3)cc12. The van der Waals surface area contributed by atoms with Gasteiger partial charge in [-0.05, 0) is 43.2 Å². The van der Waals surface area contributed by atoms with Crippen LogP contribution >= 0.6 is 0 Å². The van der Waals surface area contributed by atoms with Gasteiger partial charge < -0.3 is 15.4 Å². The number of carbonyl (C=O) groups excluding carboxylic acids is 1. The Labute approximate surface area is 172 Å². The smallest absolute Gasteiger partial charge is 0.253 e. The second-order valence-corrected chi connectivity index (χ2v) is 7.75. The van der Waals surface area contributed by atoms with Crippen molar-refractivity contribution >= 4 is 16.8 Å². The molecule has 4 rings (SSSR count). The summed E-state index contributed by atoms with van der Waals surface area (Å²) in [5.74, 6) is -0.464. The Morgan fingerprint density at radius 1 is 1.33 bits per heavy atom. The van der Waals surface area contributed by atoms with Crippen molar-refractivity contribution in [2.24, 2.45) is 0 Å². The van der Waals surface area contributed by atoms with E-state index in [1.165, 1.54) is 18.5 Å². The van der Waals surface area contributed by atoms with Gasteiger partial charge in [0.15, 0.2) is 5.72 Å². The number of alkyl halides is 1. The number of pyridine rings is 2. The molecule has 1 fully saturated rings. The highest BCUT2D eigenvalue weighted by atomic mass is 19.1. The average molecular weight is 410 g/mol. The van der Waals surface area contributed by atoms with Gasteiger partial charge in [0.1, 0.15) is 6.17 Å². The number of aromatic nitrogens is 2. The molecule has 1 aliphatic rings. The first-order chi connectivity index (χ1) is 14.3. The highest BCUT2D eigenvalue weighted by molar-refractivity contribution is 5.94. The molecule has 3 aromatic rings. The average Bonchev–Trinajstić information content (AvgIpc) is 3.12. The molecule has 2 unspecified atom stereocenters. The fourth-order valence-corrected chi connectivity index (χ4v) is 3.90. The third-order valence-electron chi connectivity index (χ3n) is 5.46. The van der Waals surface area contributed by atoms with Gasteiger partial charge >= 0.3 is 0 Å². The number of amides is 1. The molecule has 3 N–H and O–H groups in total. The van der Waals surface area contributed by atoms with E-state index < -0.39 is 17.8 Å². The number of nitrogens with zero attached hydrogens (tertiary/aromatic N) is 2. The first-order valence-electron chi connectivity index (χ1n) is 9.79. The molecule has 1 amide bonds. The number of nitrogens with one attached hydrogen (secondary N) is 2. The predicted octanol–water partition coefficient (Wildman–Crippen LogP) is 1.85. The number of carbonyl (C=O) groups is 1. The summed E-state index contributed by atoms with van der Waals surface area (Å²) in [6, 6.07) is 9.69. The minimum atomic E-state index is -1.75. The molecular weight excluding hydrogens is 387 g/mol. The quantitative estimate of drug-likeness (QED) is 0.558. The van der Waals surface area contributed by atoms with Crippen LogP contribution in [0.15, 0.2) is 53.6 Å². The molecule has 2 aromatic heterocycles. The van der Waals surface area contributed by atoms with Crippen molar-refractivity contribution in [1.29, 1.82) is 0 Å². The van der Waals surface area contributed by atoms with Gasteiger partial charge in [-0.15, -0.1) is 0 Å². The Bertz CT molecular complexity index is 1130. The maximum atomic E-state index is 13.7. The van der Waals surface area contributed by atoms with Gasteiger partial charge in [-0.1, -0.05) is 6.07 Å². The molecule has 0 saturated carbocycles. The lowest BCUT2D eigenvalue weighted by Gasteiger charge is -2.34. The summed E-state index contributed by atoms with van der Waals surface area (Å²) in [5, 5.41) is 15.1. The largest absolute Gasteiger partial charge is 0.366 e. The number of rotatable bonds is 5. The number of hydrogen-bond donors (Lipinski definition) is 3. The second kappa shape index (κ2) is 7.97. The number of likely N-dealkylation sites (tertiary alicyclic amines) is 1. The minimum Gasteiger partial charge on any atom is -0.366 e.